The Bertz CT molecular complexity index is 1680. The van der Waals surface area contributed by atoms with Gasteiger partial charge in [-0.05, 0) is 82.6 Å². The van der Waals surface area contributed by atoms with E-state index < -0.39 is 11.9 Å². The Morgan fingerprint density at radius 3 is 2.50 bits per heavy atom. The molecule has 4 aromatic rings. The van der Waals surface area contributed by atoms with Crippen LogP contribution in [0.3, 0.4) is 0 Å². The summed E-state index contributed by atoms with van der Waals surface area (Å²) < 4.78 is 37.8. The van der Waals surface area contributed by atoms with Crippen LogP contribution in [0.25, 0.3) is 0 Å². The molecule has 1 atom stereocenters. The molecule has 3 aromatic carbocycles. The van der Waals surface area contributed by atoms with E-state index in [-0.39, 0.29) is 17.5 Å². The number of halogens is 1. The van der Waals surface area contributed by atoms with Gasteiger partial charge < -0.3 is 29.2 Å². The zero-order valence-corrected chi connectivity index (χ0v) is 27.1. The number of aryl methyl sites for hydroxylation is 3. The van der Waals surface area contributed by atoms with E-state index in [9.17, 15) is 4.79 Å². The van der Waals surface area contributed by atoms with E-state index >= 15 is 4.39 Å². The first kappa shape index (κ1) is 32.5. The zero-order valence-electron chi connectivity index (χ0n) is 27.1. The van der Waals surface area contributed by atoms with Gasteiger partial charge in [0.2, 0.25) is 5.95 Å². The number of carbonyl (C=O) groups is 1. The fraction of sp³-hybridized carbons (Fsp3) is 0.343. The summed E-state index contributed by atoms with van der Waals surface area (Å²) in [5, 5.41) is 3.04. The molecule has 10 nitrogen and oxygen atoms in total. The number of likely N-dealkylation sites (tertiary alicyclic amines) is 1. The third-order valence-corrected chi connectivity index (χ3v) is 7.86. The molecule has 1 saturated heterocycles. The lowest BCUT2D eigenvalue weighted by Gasteiger charge is -2.29. The second kappa shape index (κ2) is 14.5. The quantitative estimate of drug-likeness (QED) is 0.193. The Labute approximate surface area is 269 Å². The molecular weight excluding hydrogens is 589 g/mol. The molecule has 0 bridgehead atoms. The molecule has 1 unspecified atom stereocenters. The molecule has 242 valence electrons. The van der Waals surface area contributed by atoms with Crippen molar-refractivity contribution in [1.82, 2.24) is 14.9 Å². The standard InChI is InChI=1S/C35H40FN5O5/c1-22-16-23(2)33(24(3)17-22)46-35(42)41(29-11-10-27(43-5)19-31(29)44-6)32-13-14-37-34(39-32)38-26-9-12-30(28(36)18-26)45-21-25-8-7-15-40(4)20-25/h9-14,16-19,25H,7-8,15,20-21H2,1-6H3,(H,37,38,39). The molecule has 0 aliphatic carbocycles. The summed E-state index contributed by atoms with van der Waals surface area (Å²) in [7, 11) is 5.13. The third kappa shape index (κ3) is 7.66. The lowest BCUT2D eigenvalue weighted by molar-refractivity contribution is 0.147. The topological polar surface area (TPSA) is 98.3 Å². The van der Waals surface area contributed by atoms with Crippen LogP contribution in [-0.4, -0.2) is 61.9 Å². The number of piperidine rings is 1. The average molecular weight is 630 g/mol. The highest BCUT2D eigenvalue weighted by atomic mass is 19.1. The Balaban J connectivity index is 1.41. The predicted octanol–water partition coefficient (Wildman–Crippen LogP) is 7.36. The van der Waals surface area contributed by atoms with E-state index in [1.807, 2.05) is 32.9 Å². The molecule has 11 heteroatoms. The van der Waals surface area contributed by atoms with Gasteiger partial charge in [0.25, 0.3) is 0 Å². The summed E-state index contributed by atoms with van der Waals surface area (Å²) in [5.41, 5.74) is 3.48. The van der Waals surface area contributed by atoms with E-state index in [2.05, 4.69) is 27.2 Å². The van der Waals surface area contributed by atoms with Crippen molar-refractivity contribution < 1.29 is 28.1 Å². The van der Waals surface area contributed by atoms with Crippen LogP contribution < -0.4 is 29.2 Å². The van der Waals surface area contributed by atoms with Crippen molar-refractivity contribution in [2.45, 2.75) is 33.6 Å². The van der Waals surface area contributed by atoms with Crippen LogP contribution in [0, 0.1) is 32.5 Å². The molecule has 0 radical (unpaired) electrons. The molecule has 5 rings (SSSR count). The highest BCUT2D eigenvalue weighted by Crippen LogP contribution is 2.37. The van der Waals surface area contributed by atoms with Crippen LogP contribution in [0.5, 0.6) is 23.0 Å². The van der Waals surface area contributed by atoms with Gasteiger partial charge in [-0.1, -0.05) is 17.7 Å². The number of methoxy groups -OCH3 is 2. The normalized spacial score (nSPS) is 14.8. The van der Waals surface area contributed by atoms with Crippen molar-refractivity contribution >= 4 is 29.2 Å². The molecule has 0 saturated carbocycles. The Kier molecular flexibility index (Phi) is 10.2. The van der Waals surface area contributed by atoms with Crippen molar-refractivity contribution in [3.8, 4) is 23.0 Å². The molecule has 1 amide bonds. The van der Waals surface area contributed by atoms with Gasteiger partial charge >= 0.3 is 6.09 Å². The second-order valence-corrected chi connectivity index (χ2v) is 11.6. The minimum Gasteiger partial charge on any atom is -0.497 e. The van der Waals surface area contributed by atoms with Crippen molar-refractivity contribution in [2.24, 2.45) is 5.92 Å². The Hall–Kier alpha value is -4.90. The van der Waals surface area contributed by atoms with Gasteiger partial charge in [0.05, 0.1) is 26.5 Å². The molecule has 1 fully saturated rings. The van der Waals surface area contributed by atoms with Crippen molar-refractivity contribution in [1.29, 1.82) is 0 Å². The van der Waals surface area contributed by atoms with Crippen LogP contribution in [-0.2, 0) is 0 Å². The summed E-state index contributed by atoms with van der Waals surface area (Å²) >= 11 is 0. The number of benzene rings is 3. The van der Waals surface area contributed by atoms with E-state index in [0.29, 0.717) is 41.1 Å². The van der Waals surface area contributed by atoms with Crippen LogP contribution >= 0.6 is 0 Å². The largest absolute Gasteiger partial charge is 0.497 e. The van der Waals surface area contributed by atoms with Crippen LogP contribution in [0.15, 0.2) is 60.8 Å². The van der Waals surface area contributed by atoms with Crippen LogP contribution in [0.4, 0.5) is 32.3 Å². The van der Waals surface area contributed by atoms with Crippen molar-refractivity contribution in [3.05, 3.63) is 83.3 Å². The van der Waals surface area contributed by atoms with Crippen molar-refractivity contribution in [3.63, 3.8) is 0 Å². The van der Waals surface area contributed by atoms with Gasteiger partial charge in [0.1, 0.15) is 23.1 Å². The Morgan fingerprint density at radius 1 is 1.02 bits per heavy atom. The smallest absolute Gasteiger partial charge is 0.425 e. The number of nitrogens with one attached hydrogen (secondary N) is 1. The number of rotatable bonds is 10. The molecule has 1 aliphatic heterocycles. The highest BCUT2D eigenvalue weighted by Gasteiger charge is 2.27. The van der Waals surface area contributed by atoms with Gasteiger partial charge in [-0.2, -0.15) is 4.98 Å². The first-order valence-electron chi connectivity index (χ1n) is 15.2. The molecule has 0 spiro atoms. The molecular formula is C35H40FN5O5. The van der Waals surface area contributed by atoms with E-state index in [1.165, 1.54) is 24.3 Å². The molecule has 46 heavy (non-hydrogen) atoms. The summed E-state index contributed by atoms with van der Waals surface area (Å²) in [6.07, 6.45) is 2.97. The van der Waals surface area contributed by atoms with Crippen LogP contribution in [0.1, 0.15) is 29.5 Å². The molecule has 2 heterocycles. The monoisotopic (exact) mass is 629 g/mol. The maximum atomic E-state index is 15.1. The van der Waals surface area contributed by atoms with Gasteiger partial charge in [-0.3, -0.25) is 0 Å². The second-order valence-electron chi connectivity index (χ2n) is 11.6. The van der Waals surface area contributed by atoms with Crippen LogP contribution in [0.2, 0.25) is 0 Å². The summed E-state index contributed by atoms with van der Waals surface area (Å²) in [5.74, 6) is 1.76. The number of carbonyl (C=O) groups excluding carboxylic acids is 1. The minimum absolute atomic E-state index is 0.142. The maximum Gasteiger partial charge on any atom is 0.425 e. The fourth-order valence-corrected chi connectivity index (χ4v) is 5.72. The minimum atomic E-state index is -0.708. The summed E-state index contributed by atoms with van der Waals surface area (Å²) in [4.78, 5) is 26.4. The summed E-state index contributed by atoms with van der Waals surface area (Å²) in [6, 6.07) is 15.1. The summed E-state index contributed by atoms with van der Waals surface area (Å²) in [6.45, 7) is 8.23. The maximum absolute atomic E-state index is 15.1. The van der Waals surface area contributed by atoms with E-state index in [1.54, 1.807) is 43.5 Å². The SMILES string of the molecule is COc1ccc(N(C(=O)Oc2c(C)cc(C)cc2C)c2ccnc(Nc3ccc(OCC4CCCN(C)C4)c(F)c3)n2)c(OC)c1. The zero-order chi connectivity index (χ0) is 32.8. The van der Waals surface area contributed by atoms with E-state index in [4.69, 9.17) is 18.9 Å². The van der Waals surface area contributed by atoms with Gasteiger partial charge in [0.15, 0.2) is 11.6 Å². The fourth-order valence-electron chi connectivity index (χ4n) is 5.72. The van der Waals surface area contributed by atoms with Gasteiger partial charge in [-0.25, -0.2) is 19.1 Å². The first-order valence-corrected chi connectivity index (χ1v) is 15.2. The number of hydrogen-bond acceptors (Lipinski definition) is 9. The van der Waals surface area contributed by atoms with E-state index in [0.717, 1.165) is 42.6 Å². The number of aromatic nitrogens is 2. The number of amides is 1. The Morgan fingerprint density at radius 2 is 1.80 bits per heavy atom. The number of ether oxygens (including phenoxy) is 4. The number of nitrogens with zero attached hydrogens (tertiary/aromatic N) is 4. The lowest BCUT2D eigenvalue weighted by atomic mass is 10.00. The third-order valence-electron chi connectivity index (χ3n) is 7.86. The van der Waals surface area contributed by atoms with Gasteiger partial charge in [-0.15, -0.1) is 0 Å². The highest BCUT2D eigenvalue weighted by molar-refractivity contribution is 5.98. The first-order chi connectivity index (χ1) is 22.1. The van der Waals surface area contributed by atoms with Gasteiger partial charge in [0, 0.05) is 42.5 Å². The average Bonchev–Trinajstić information content (AvgIpc) is 3.03. The molecule has 1 aliphatic rings. The molecule has 1 N–H and O–H groups in total. The predicted molar refractivity (Wildman–Crippen MR) is 176 cm³/mol. The number of anilines is 4. The lowest BCUT2D eigenvalue weighted by Crippen LogP contribution is -2.34. The van der Waals surface area contributed by atoms with Crippen molar-refractivity contribution in [2.75, 3.05) is 51.2 Å². The number of hydrogen-bond donors (Lipinski definition) is 1. The molecule has 1 aromatic heterocycles.